The fourth-order valence-electron chi connectivity index (χ4n) is 1.34. The van der Waals surface area contributed by atoms with Gasteiger partial charge in [0.15, 0.2) is 5.78 Å². The SMILES string of the molecule is O=C1CC(=O)N(c2cccc(F)n2)C1. The molecule has 0 N–H and O–H groups in total. The van der Waals surface area contributed by atoms with Gasteiger partial charge in [-0.1, -0.05) is 6.07 Å². The first kappa shape index (κ1) is 8.80. The summed E-state index contributed by atoms with van der Waals surface area (Å²) in [5.74, 6) is -0.954. The van der Waals surface area contributed by atoms with Gasteiger partial charge in [-0.3, -0.25) is 14.5 Å². The van der Waals surface area contributed by atoms with Gasteiger partial charge in [0.05, 0.1) is 13.0 Å². The van der Waals surface area contributed by atoms with E-state index in [2.05, 4.69) is 4.98 Å². The summed E-state index contributed by atoms with van der Waals surface area (Å²) in [6.07, 6.45) is -0.113. The van der Waals surface area contributed by atoms with Gasteiger partial charge in [-0.25, -0.2) is 4.98 Å². The summed E-state index contributed by atoms with van der Waals surface area (Å²) < 4.78 is 12.7. The number of amides is 1. The van der Waals surface area contributed by atoms with Crippen molar-refractivity contribution in [2.75, 3.05) is 11.4 Å². The second kappa shape index (κ2) is 3.17. The zero-order valence-electron chi connectivity index (χ0n) is 7.24. The van der Waals surface area contributed by atoms with E-state index >= 15 is 0 Å². The van der Waals surface area contributed by atoms with Crippen LogP contribution in [0.3, 0.4) is 0 Å². The van der Waals surface area contributed by atoms with Crippen LogP contribution in [-0.4, -0.2) is 23.2 Å². The Morgan fingerprint density at radius 1 is 1.36 bits per heavy atom. The third kappa shape index (κ3) is 1.48. The summed E-state index contributed by atoms with van der Waals surface area (Å²) >= 11 is 0. The van der Waals surface area contributed by atoms with Gasteiger partial charge in [0.2, 0.25) is 11.9 Å². The molecule has 0 aliphatic carbocycles. The number of nitrogens with zero attached hydrogens (tertiary/aromatic N) is 2. The predicted molar refractivity (Wildman–Crippen MR) is 46.2 cm³/mol. The van der Waals surface area contributed by atoms with Crippen molar-refractivity contribution >= 4 is 17.5 Å². The topological polar surface area (TPSA) is 50.3 Å². The van der Waals surface area contributed by atoms with Crippen LogP contribution in [0.15, 0.2) is 18.2 Å². The molecular formula is C9H7FN2O2. The molecule has 0 aromatic carbocycles. The maximum Gasteiger partial charge on any atom is 0.236 e. The van der Waals surface area contributed by atoms with E-state index in [-0.39, 0.29) is 30.5 Å². The Bertz CT molecular complexity index is 406. The van der Waals surface area contributed by atoms with Gasteiger partial charge in [-0.2, -0.15) is 4.39 Å². The van der Waals surface area contributed by atoms with Crippen LogP contribution in [-0.2, 0) is 9.59 Å². The molecule has 5 heteroatoms. The van der Waals surface area contributed by atoms with Crippen molar-refractivity contribution in [3.63, 3.8) is 0 Å². The highest BCUT2D eigenvalue weighted by atomic mass is 19.1. The molecule has 0 atom stereocenters. The van der Waals surface area contributed by atoms with Crippen LogP contribution in [0, 0.1) is 5.95 Å². The van der Waals surface area contributed by atoms with E-state index in [1.807, 2.05) is 0 Å². The molecule has 1 amide bonds. The summed E-state index contributed by atoms with van der Waals surface area (Å²) in [5, 5.41) is 0. The van der Waals surface area contributed by atoms with E-state index in [1.54, 1.807) is 0 Å². The van der Waals surface area contributed by atoms with Crippen molar-refractivity contribution in [3.8, 4) is 0 Å². The van der Waals surface area contributed by atoms with E-state index in [9.17, 15) is 14.0 Å². The van der Waals surface area contributed by atoms with E-state index in [4.69, 9.17) is 0 Å². The molecule has 2 rings (SSSR count). The number of carbonyl (C=O) groups is 2. The molecule has 14 heavy (non-hydrogen) atoms. The lowest BCUT2D eigenvalue weighted by molar-refractivity contribution is -0.121. The van der Waals surface area contributed by atoms with Crippen LogP contribution in [0.25, 0.3) is 0 Å². The normalized spacial score (nSPS) is 16.5. The molecule has 2 heterocycles. The Labute approximate surface area is 79.4 Å². The molecule has 0 saturated carbocycles. The fourth-order valence-corrected chi connectivity index (χ4v) is 1.34. The first-order valence-electron chi connectivity index (χ1n) is 4.11. The number of halogens is 1. The van der Waals surface area contributed by atoms with E-state index in [0.717, 1.165) is 0 Å². The minimum absolute atomic E-state index is 0.00468. The molecule has 1 aromatic rings. The largest absolute Gasteiger partial charge is 0.297 e. The quantitative estimate of drug-likeness (QED) is 0.484. The molecule has 0 spiro atoms. The highest BCUT2D eigenvalue weighted by molar-refractivity contribution is 6.14. The summed E-state index contributed by atoms with van der Waals surface area (Å²) in [7, 11) is 0. The van der Waals surface area contributed by atoms with Crippen molar-refractivity contribution in [2.24, 2.45) is 0 Å². The number of anilines is 1. The molecule has 4 nitrogen and oxygen atoms in total. The molecule has 0 bridgehead atoms. The monoisotopic (exact) mass is 194 g/mol. The Hall–Kier alpha value is -1.78. The molecule has 1 aromatic heterocycles. The van der Waals surface area contributed by atoms with Crippen molar-refractivity contribution in [2.45, 2.75) is 6.42 Å². The predicted octanol–water partition coefficient (Wildman–Crippen LogP) is 0.526. The molecule has 1 aliphatic heterocycles. The van der Waals surface area contributed by atoms with Crippen LogP contribution >= 0.6 is 0 Å². The maximum atomic E-state index is 12.7. The average molecular weight is 194 g/mol. The zero-order valence-corrected chi connectivity index (χ0v) is 7.24. The smallest absolute Gasteiger partial charge is 0.236 e. The highest BCUT2D eigenvalue weighted by Gasteiger charge is 2.29. The Kier molecular flexibility index (Phi) is 1.99. The lowest BCUT2D eigenvalue weighted by Crippen LogP contribution is -2.25. The highest BCUT2D eigenvalue weighted by Crippen LogP contribution is 2.16. The van der Waals surface area contributed by atoms with Crippen LogP contribution in [0.2, 0.25) is 0 Å². The molecule has 1 saturated heterocycles. The van der Waals surface area contributed by atoms with Gasteiger partial charge in [0, 0.05) is 0 Å². The maximum absolute atomic E-state index is 12.7. The van der Waals surface area contributed by atoms with Crippen molar-refractivity contribution in [1.29, 1.82) is 0 Å². The van der Waals surface area contributed by atoms with Gasteiger partial charge in [-0.05, 0) is 12.1 Å². The van der Waals surface area contributed by atoms with Gasteiger partial charge in [-0.15, -0.1) is 0 Å². The number of hydrogen-bond donors (Lipinski definition) is 0. The third-order valence-electron chi connectivity index (χ3n) is 1.96. The standard InChI is InChI=1S/C9H7FN2O2/c10-7-2-1-3-8(11-7)12-5-6(13)4-9(12)14/h1-3H,4-5H2. The Balaban J connectivity index is 2.31. The first-order chi connectivity index (χ1) is 6.66. The number of hydrogen-bond acceptors (Lipinski definition) is 3. The zero-order chi connectivity index (χ0) is 10.1. The number of aromatic nitrogens is 1. The lowest BCUT2D eigenvalue weighted by atomic mass is 10.3. The molecule has 0 unspecified atom stereocenters. The first-order valence-corrected chi connectivity index (χ1v) is 4.11. The fraction of sp³-hybridized carbons (Fsp3) is 0.222. The lowest BCUT2D eigenvalue weighted by Gasteiger charge is -2.12. The summed E-state index contributed by atoms with van der Waals surface area (Å²) in [6.45, 7) is -0.00468. The number of rotatable bonds is 1. The van der Waals surface area contributed by atoms with E-state index < -0.39 is 5.95 Å². The molecule has 0 radical (unpaired) electrons. The second-order valence-corrected chi connectivity index (χ2v) is 3.01. The van der Waals surface area contributed by atoms with Crippen LogP contribution < -0.4 is 4.90 Å². The number of carbonyl (C=O) groups excluding carboxylic acids is 2. The summed E-state index contributed by atoms with van der Waals surface area (Å²) in [6, 6.07) is 4.14. The van der Waals surface area contributed by atoms with E-state index in [1.165, 1.54) is 23.1 Å². The van der Waals surface area contributed by atoms with Crippen molar-refractivity contribution in [1.82, 2.24) is 4.98 Å². The third-order valence-corrected chi connectivity index (χ3v) is 1.96. The molecule has 1 fully saturated rings. The Morgan fingerprint density at radius 3 is 2.71 bits per heavy atom. The van der Waals surface area contributed by atoms with Crippen LogP contribution in [0.5, 0.6) is 0 Å². The average Bonchev–Trinajstić information content (AvgIpc) is 2.45. The Morgan fingerprint density at radius 2 is 2.14 bits per heavy atom. The van der Waals surface area contributed by atoms with Gasteiger partial charge >= 0.3 is 0 Å². The minimum Gasteiger partial charge on any atom is -0.297 e. The van der Waals surface area contributed by atoms with Crippen LogP contribution in [0.4, 0.5) is 10.2 Å². The van der Waals surface area contributed by atoms with Gasteiger partial charge in [0.1, 0.15) is 5.82 Å². The van der Waals surface area contributed by atoms with E-state index in [0.29, 0.717) is 0 Å². The van der Waals surface area contributed by atoms with Crippen molar-refractivity contribution in [3.05, 3.63) is 24.1 Å². The number of ketones is 1. The number of Topliss-reactive ketones (excluding diaryl/α,β-unsaturated/α-hetero) is 1. The van der Waals surface area contributed by atoms with Crippen LogP contribution in [0.1, 0.15) is 6.42 Å². The second-order valence-electron chi connectivity index (χ2n) is 3.01. The minimum atomic E-state index is -0.658. The number of pyridine rings is 1. The summed E-state index contributed by atoms with van der Waals surface area (Å²) in [4.78, 5) is 26.9. The van der Waals surface area contributed by atoms with Crippen molar-refractivity contribution < 1.29 is 14.0 Å². The summed E-state index contributed by atoms with van der Waals surface area (Å²) in [5.41, 5.74) is 0. The molecular weight excluding hydrogens is 187 g/mol. The van der Waals surface area contributed by atoms with Gasteiger partial charge < -0.3 is 0 Å². The van der Waals surface area contributed by atoms with Gasteiger partial charge in [0.25, 0.3) is 0 Å². The molecule has 1 aliphatic rings. The molecule has 72 valence electrons.